The third-order valence-electron chi connectivity index (χ3n) is 4.17. The molecule has 0 bridgehead atoms. The molecule has 6 N–H and O–H groups in total. The number of nitrogens with zero attached hydrogens (tertiary/aromatic N) is 2. The summed E-state index contributed by atoms with van der Waals surface area (Å²) >= 11 is 0. The van der Waals surface area contributed by atoms with Gasteiger partial charge in [-0.1, -0.05) is 37.3 Å². The lowest BCUT2D eigenvalue weighted by atomic mass is 10.2. The first-order valence-electron chi connectivity index (χ1n) is 9.15. The third-order valence-corrected chi connectivity index (χ3v) is 4.17. The Kier molecular flexibility index (Phi) is 8.62. The number of benzene rings is 2. The maximum atomic E-state index is 6.11. The number of amidine groups is 1. The van der Waals surface area contributed by atoms with Gasteiger partial charge in [0, 0.05) is 32.2 Å². The van der Waals surface area contributed by atoms with Crippen LogP contribution in [-0.4, -0.2) is 37.4 Å². The smallest absolute Gasteiger partial charge is 0.125 e. The monoisotopic (exact) mass is 355 g/mol. The van der Waals surface area contributed by atoms with Crippen molar-refractivity contribution in [3.05, 3.63) is 65.7 Å². The maximum absolute atomic E-state index is 6.11. The first-order valence-corrected chi connectivity index (χ1v) is 9.15. The quantitative estimate of drug-likeness (QED) is 0.161. The molecule has 2 aromatic carbocycles. The van der Waals surface area contributed by atoms with E-state index >= 15 is 0 Å². The van der Waals surface area contributed by atoms with E-state index in [2.05, 4.69) is 58.0 Å². The van der Waals surface area contributed by atoms with Crippen LogP contribution in [0.15, 0.2) is 59.6 Å². The van der Waals surface area contributed by atoms with Crippen molar-refractivity contribution >= 4 is 11.5 Å². The number of nitrogen functional groups attached to an aromatic ring is 1. The second kappa shape index (κ2) is 11.3. The minimum absolute atomic E-state index is 0.597. The van der Waals surface area contributed by atoms with Crippen molar-refractivity contribution in [2.75, 3.05) is 32.1 Å². The highest BCUT2D eigenvalue weighted by atomic mass is 15.6. The number of quaternary nitrogens is 1. The fourth-order valence-electron chi connectivity index (χ4n) is 2.67. The summed E-state index contributed by atoms with van der Waals surface area (Å²) in [6.07, 6.45) is 0.998. The summed E-state index contributed by atoms with van der Waals surface area (Å²) in [5, 5.41) is 0. The van der Waals surface area contributed by atoms with Crippen LogP contribution in [0.4, 0.5) is 5.69 Å². The summed E-state index contributed by atoms with van der Waals surface area (Å²) in [7, 11) is 1.85. The van der Waals surface area contributed by atoms with Gasteiger partial charge in [-0.15, -0.1) is 5.43 Å². The summed E-state index contributed by atoms with van der Waals surface area (Å²) in [6, 6.07) is 18.5. The van der Waals surface area contributed by atoms with Crippen LogP contribution in [0.5, 0.6) is 0 Å². The molecule has 0 spiro atoms. The molecule has 2 aromatic rings. The van der Waals surface area contributed by atoms with Gasteiger partial charge in [0.2, 0.25) is 0 Å². The predicted molar refractivity (Wildman–Crippen MR) is 109 cm³/mol. The predicted octanol–water partition coefficient (Wildman–Crippen LogP) is 1.33. The van der Waals surface area contributed by atoms with Crippen LogP contribution >= 0.6 is 0 Å². The minimum atomic E-state index is 0.597. The lowest BCUT2D eigenvalue weighted by molar-refractivity contribution is -0.680. The molecule has 0 radical (unpaired) electrons. The number of anilines is 1. The molecule has 0 aliphatic rings. The van der Waals surface area contributed by atoms with E-state index in [9.17, 15) is 0 Å². The standard InChI is InChI=1S/C20H30N6/c1-3-26(16-17-8-5-4-6-9-17)15-7-14-23-20(21)18-10-12-19(13-11-18)24-25-22-2/h4-6,8-13,22,24-25H,3,7,14-16H2,1-2H3,(H2,21,23)/p+1. The Bertz CT molecular complexity index is 654. The minimum Gasteiger partial charge on any atom is -0.384 e. The van der Waals surface area contributed by atoms with Crippen LogP contribution in [0.2, 0.25) is 0 Å². The van der Waals surface area contributed by atoms with E-state index in [1.54, 1.807) is 5.53 Å². The van der Waals surface area contributed by atoms with Gasteiger partial charge in [0.05, 0.1) is 5.69 Å². The molecule has 0 saturated heterocycles. The SMILES string of the molecule is CCN(CCCN=C(N)c1ccc(N[NH2+]NC)cc1)Cc1ccccc1. The Hall–Kier alpha value is -2.41. The molecule has 26 heavy (non-hydrogen) atoms. The second-order valence-corrected chi connectivity index (χ2v) is 6.13. The van der Waals surface area contributed by atoms with E-state index < -0.39 is 0 Å². The molecule has 0 heterocycles. The largest absolute Gasteiger partial charge is 0.384 e. The van der Waals surface area contributed by atoms with Crippen LogP contribution in [0, 0.1) is 0 Å². The molecule has 0 atom stereocenters. The zero-order valence-electron chi connectivity index (χ0n) is 15.8. The van der Waals surface area contributed by atoms with E-state index in [0.29, 0.717) is 5.84 Å². The van der Waals surface area contributed by atoms with E-state index in [1.807, 2.05) is 31.3 Å². The molecule has 6 heteroatoms. The number of hydrogen-bond acceptors (Lipinski definition) is 4. The van der Waals surface area contributed by atoms with Gasteiger partial charge < -0.3 is 5.73 Å². The molecule has 0 aromatic heterocycles. The molecule has 140 valence electrons. The summed E-state index contributed by atoms with van der Waals surface area (Å²) in [5.74, 6) is 0.597. The zero-order chi connectivity index (χ0) is 18.6. The Labute approximate surface area is 156 Å². The van der Waals surface area contributed by atoms with Crippen LogP contribution < -0.4 is 22.1 Å². The average molecular weight is 356 g/mol. The maximum Gasteiger partial charge on any atom is 0.125 e. The topological polar surface area (TPSA) is 82.3 Å². The van der Waals surface area contributed by atoms with Crippen molar-refractivity contribution < 1.29 is 5.53 Å². The Morgan fingerprint density at radius 1 is 1.12 bits per heavy atom. The van der Waals surface area contributed by atoms with Crippen LogP contribution in [0.25, 0.3) is 0 Å². The third kappa shape index (κ3) is 6.84. The van der Waals surface area contributed by atoms with Gasteiger partial charge in [0.1, 0.15) is 5.84 Å². The highest BCUT2D eigenvalue weighted by Crippen LogP contribution is 2.08. The molecule has 6 nitrogen and oxygen atoms in total. The number of rotatable bonds is 11. The molecular formula is C20H31N6+. The zero-order valence-corrected chi connectivity index (χ0v) is 15.8. The summed E-state index contributed by atoms with van der Waals surface area (Å²) in [4.78, 5) is 6.96. The Balaban J connectivity index is 1.77. The average Bonchev–Trinajstić information content (AvgIpc) is 2.69. The first-order chi connectivity index (χ1) is 12.7. The molecule has 0 aliphatic heterocycles. The van der Waals surface area contributed by atoms with Crippen molar-refractivity contribution in [1.82, 2.24) is 10.3 Å². The molecule has 0 aliphatic carbocycles. The van der Waals surface area contributed by atoms with Gasteiger partial charge in [0.25, 0.3) is 0 Å². The molecule has 0 saturated carbocycles. The molecule has 0 unspecified atom stereocenters. The van der Waals surface area contributed by atoms with Gasteiger partial charge in [-0.3, -0.25) is 9.89 Å². The van der Waals surface area contributed by atoms with Crippen LogP contribution in [-0.2, 0) is 6.54 Å². The highest BCUT2D eigenvalue weighted by Gasteiger charge is 2.04. The summed E-state index contributed by atoms with van der Waals surface area (Å²) in [5.41, 5.74) is 17.3. The van der Waals surface area contributed by atoms with Crippen LogP contribution in [0.3, 0.4) is 0 Å². The highest BCUT2D eigenvalue weighted by molar-refractivity contribution is 5.97. The van der Waals surface area contributed by atoms with Crippen LogP contribution in [0.1, 0.15) is 24.5 Å². The number of nitrogens with one attached hydrogen (secondary N) is 2. The van der Waals surface area contributed by atoms with Gasteiger partial charge in [-0.05, 0) is 42.8 Å². The molecule has 2 rings (SSSR count). The molecule has 0 fully saturated rings. The van der Waals surface area contributed by atoms with Crippen molar-refractivity contribution in [3.8, 4) is 0 Å². The number of hydrogen-bond donors (Lipinski definition) is 4. The van der Waals surface area contributed by atoms with E-state index in [0.717, 1.165) is 43.9 Å². The van der Waals surface area contributed by atoms with Crippen molar-refractivity contribution in [3.63, 3.8) is 0 Å². The van der Waals surface area contributed by atoms with E-state index in [-0.39, 0.29) is 0 Å². The second-order valence-electron chi connectivity index (χ2n) is 6.13. The van der Waals surface area contributed by atoms with Crippen molar-refractivity contribution in [2.45, 2.75) is 19.9 Å². The molecule has 0 amide bonds. The normalized spacial score (nSPS) is 11.7. The fraction of sp³-hybridized carbons (Fsp3) is 0.350. The van der Waals surface area contributed by atoms with Crippen molar-refractivity contribution in [2.24, 2.45) is 10.7 Å². The lowest BCUT2D eigenvalue weighted by Gasteiger charge is -2.20. The van der Waals surface area contributed by atoms with Gasteiger partial charge in [-0.2, -0.15) is 5.53 Å². The van der Waals surface area contributed by atoms with E-state index in [4.69, 9.17) is 5.73 Å². The summed E-state index contributed by atoms with van der Waals surface area (Å²) in [6.45, 7) is 5.97. The van der Waals surface area contributed by atoms with Crippen molar-refractivity contribution in [1.29, 1.82) is 0 Å². The molecular weight excluding hydrogens is 324 g/mol. The fourth-order valence-corrected chi connectivity index (χ4v) is 2.67. The number of aliphatic imine (C=N–C) groups is 1. The van der Waals surface area contributed by atoms with Gasteiger partial charge in [0.15, 0.2) is 0 Å². The van der Waals surface area contributed by atoms with E-state index in [1.165, 1.54) is 5.56 Å². The lowest BCUT2D eigenvalue weighted by Crippen LogP contribution is -2.96. The van der Waals surface area contributed by atoms with Gasteiger partial charge >= 0.3 is 0 Å². The Morgan fingerprint density at radius 3 is 2.50 bits per heavy atom. The van der Waals surface area contributed by atoms with Gasteiger partial charge in [-0.25, -0.2) is 5.43 Å². The summed E-state index contributed by atoms with van der Waals surface area (Å²) < 4.78 is 0. The first kappa shape index (κ1) is 19.9. The Morgan fingerprint density at radius 2 is 1.85 bits per heavy atom. The number of nitrogens with two attached hydrogens (primary N) is 2.